The molecule has 2 heterocycles. The van der Waals surface area contributed by atoms with Crippen LogP contribution in [0.5, 0.6) is 5.75 Å². The highest BCUT2D eigenvalue weighted by Crippen LogP contribution is 2.31. The summed E-state index contributed by atoms with van der Waals surface area (Å²) >= 11 is 7.79. The predicted octanol–water partition coefficient (Wildman–Crippen LogP) is 4.46. The first-order valence-electron chi connectivity index (χ1n) is 7.26. The van der Waals surface area contributed by atoms with Crippen LogP contribution in [0, 0.1) is 13.8 Å². The molecule has 1 aromatic carbocycles. The normalized spacial score (nSPS) is 10.7. The predicted molar refractivity (Wildman–Crippen MR) is 96.9 cm³/mol. The molecule has 7 heteroatoms. The summed E-state index contributed by atoms with van der Waals surface area (Å²) in [5.74, 6) is 0.146. The van der Waals surface area contributed by atoms with Crippen LogP contribution in [0.1, 0.15) is 20.9 Å². The Kier molecular flexibility index (Phi) is 4.59. The van der Waals surface area contributed by atoms with Crippen molar-refractivity contribution in [1.82, 2.24) is 9.55 Å². The van der Waals surface area contributed by atoms with E-state index in [1.54, 1.807) is 12.1 Å². The summed E-state index contributed by atoms with van der Waals surface area (Å²) in [4.78, 5) is 18.0. The molecule has 0 bridgehead atoms. The van der Waals surface area contributed by atoms with Gasteiger partial charge in [0.1, 0.15) is 5.75 Å². The van der Waals surface area contributed by atoms with Gasteiger partial charge in [-0.05, 0) is 32.0 Å². The van der Waals surface area contributed by atoms with E-state index in [0.29, 0.717) is 21.5 Å². The van der Waals surface area contributed by atoms with E-state index in [-0.39, 0.29) is 5.91 Å². The Morgan fingerprint density at radius 2 is 2.00 bits per heavy atom. The average Bonchev–Trinajstić information content (AvgIpc) is 3.17. The first-order chi connectivity index (χ1) is 11.5. The topological polar surface area (TPSA) is 56.1 Å². The molecule has 0 fully saturated rings. The van der Waals surface area contributed by atoms with Crippen LogP contribution in [-0.4, -0.2) is 22.6 Å². The molecule has 2 aromatic heterocycles. The number of carbonyl (C=O) groups excluding carboxylic acids is 1. The van der Waals surface area contributed by atoms with Crippen molar-refractivity contribution < 1.29 is 9.53 Å². The number of ether oxygens (including phenoxy) is 1. The van der Waals surface area contributed by atoms with Gasteiger partial charge in [0.2, 0.25) is 0 Å². The zero-order valence-corrected chi connectivity index (χ0v) is 15.0. The summed E-state index contributed by atoms with van der Waals surface area (Å²) in [6.07, 6.45) is 3.75. The SMILES string of the molecule is COc1cc(-n2cccc2)c(Cl)cc1C(=O)Nc1nc(C)c(C)s1. The van der Waals surface area contributed by atoms with E-state index in [1.807, 2.05) is 42.9 Å². The quantitative estimate of drug-likeness (QED) is 0.746. The van der Waals surface area contributed by atoms with E-state index >= 15 is 0 Å². The lowest BCUT2D eigenvalue weighted by molar-refractivity contribution is 0.102. The summed E-state index contributed by atoms with van der Waals surface area (Å²) < 4.78 is 7.24. The van der Waals surface area contributed by atoms with Gasteiger partial charge in [0.25, 0.3) is 5.91 Å². The van der Waals surface area contributed by atoms with E-state index in [2.05, 4.69) is 10.3 Å². The number of anilines is 1. The van der Waals surface area contributed by atoms with Crippen LogP contribution in [0.2, 0.25) is 5.02 Å². The summed E-state index contributed by atoms with van der Waals surface area (Å²) in [5.41, 5.74) is 2.02. The Labute approximate surface area is 148 Å². The Bertz CT molecular complexity index is 868. The molecule has 0 aliphatic carbocycles. The lowest BCUT2D eigenvalue weighted by Crippen LogP contribution is -2.13. The molecule has 24 heavy (non-hydrogen) atoms. The standard InChI is InChI=1S/C17H16ClN3O2S/c1-10-11(2)24-17(19-10)20-16(22)12-8-13(18)14(9-15(12)23-3)21-6-4-5-7-21/h4-9H,1-3H3,(H,19,20,22). The fraction of sp³-hybridized carbons (Fsp3) is 0.176. The first kappa shape index (κ1) is 16.5. The molecule has 0 radical (unpaired) electrons. The van der Waals surface area contributed by atoms with E-state index in [0.717, 1.165) is 16.3 Å². The van der Waals surface area contributed by atoms with Crippen LogP contribution in [-0.2, 0) is 0 Å². The number of benzene rings is 1. The van der Waals surface area contributed by atoms with Gasteiger partial charge in [0.15, 0.2) is 5.13 Å². The van der Waals surface area contributed by atoms with Gasteiger partial charge in [-0.3, -0.25) is 10.1 Å². The number of hydrogen-bond donors (Lipinski definition) is 1. The summed E-state index contributed by atoms with van der Waals surface area (Å²) in [6.45, 7) is 3.87. The summed E-state index contributed by atoms with van der Waals surface area (Å²) in [7, 11) is 1.52. The molecular weight excluding hydrogens is 346 g/mol. The molecule has 0 spiro atoms. The highest BCUT2D eigenvalue weighted by molar-refractivity contribution is 7.15. The summed E-state index contributed by atoms with van der Waals surface area (Å²) in [6, 6.07) is 7.15. The highest BCUT2D eigenvalue weighted by atomic mass is 35.5. The van der Waals surface area contributed by atoms with Crippen molar-refractivity contribution in [2.75, 3.05) is 12.4 Å². The molecule has 0 saturated heterocycles. The molecular formula is C17H16ClN3O2S. The van der Waals surface area contributed by atoms with Crippen molar-refractivity contribution in [1.29, 1.82) is 0 Å². The largest absolute Gasteiger partial charge is 0.496 e. The molecule has 3 aromatic rings. The maximum atomic E-state index is 12.6. The fourth-order valence-corrected chi connectivity index (χ4v) is 3.34. The molecule has 5 nitrogen and oxygen atoms in total. The Balaban J connectivity index is 1.95. The molecule has 0 atom stereocenters. The Morgan fingerprint density at radius 1 is 1.29 bits per heavy atom. The third kappa shape index (κ3) is 3.16. The van der Waals surface area contributed by atoms with Gasteiger partial charge in [0, 0.05) is 23.3 Å². The van der Waals surface area contributed by atoms with Gasteiger partial charge in [0.05, 0.1) is 29.1 Å². The maximum Gasteiger partial charge on any atom is 0.261 e. The monoisotopic (exact) mass is 361 g/mol. The van der Waals surface area contributed by atoms with Crippen LogP contribution in [0.15, 0.2) is 36.7 Å². The van der Waals surface area contributed by atoms with Gasteiger partial charge in [-0.1, -0.05) is 11.6 Å². The van der Waals surface area contributed by atoms with Crippen molar-refractivity contribution in [3.8, 4) is 11.4 Å². The van der Waals surface area contributed by atoms with Crippen molar-refractivity contribution in [2.24, 2.45) is 0 Å². The lowest BCUT2D eigenvalue weighted by atomic mass is 10.1. The molecule has 0 saturated carbocycles. The van der Waals surface area contributed by atoms with Crippen molar-refractivity contribution in [3.05, 3.63) is 57.8 Å². The number of rotatable bonds is 4. The number of carbonyl (C=O) groups is 1. The Morgan fingerprint density at radius 3 is 2.58 bits per heavy atom. The molecule has 0 unspecified atom stereocenters. The van der Waals surface area contributed by atoms with Crippen molar-refractivity contribution >= 4 is 34.0 Å². The number of methoxy groups -OCH3 is 1. The zero-order chi connectivity index (χ0) is 17.3. The van der Waals surface area contributed by atoms with Crippen molar-refractivity contribution in [3.63, 3.8) is 0 Å². The number of thiazole rings is 1. The third-order valence-corrected chi connectivity index (χ3v) is 4.94. The van der Waals surface area contributed by atoms with E-state index < -0.39 is 0 Å². The number of halogens is 1. The maximum absolute atomic E-state index is 12.6. The smallest absolute Gasteiger partial charge is 0.261 e. The summed E-state index contributed by atoms with van der Waals surface area (Å²) in [5, 5.41) is 3.82. The zero-order valence-electron chi connectivity index (χ0n) is 13.5. The number of hydrogen-bond acceptors (Lipinski definition) is 4. The number of nitrogens with zero attached hydrogens (tertiary/aromatic N) is 2. The van der Waals surface area contributed by atoms with E-state index in [1.165, 1.54) is 18.4 Å². The lowest BCUT2D eigenvalue weighted by Gasteiger charge is -2.13. The van der Waals surface area contributed by atoms with Gasteiger partial charge in [-0.2, -0.15) is 0 Å². The first-order valence-corrected chi connectivity index (χ1v) is 8.45. The molecule has 1 amide bonds. The number of aryl methyl sites for hydroxylation is 2. The number of nitrogens with one attached hydrogen (secondary N) is 1. The third-order valence-electron chi connectivity index (χ3n) is 3.65. The minimum absolute atomic E-state index is 0.304. The minimum Gasteiger partial charge on any atom is -0.496 e. The van der Waals surface area contributed by atoms with Crippen LogP contribution < -0.4 is 10.1 Å². The van der Waals surface area contributed by atoms with Crippen molar-refractivity contribution in [2.45, 2.75) is 13.8 Å². The number of amides is 1. The van der Waals surface area contributed by atoms with Gasteiger partial charge < -0.3 is 9.30 Å². The van der Waals surface area contributed by atoms with Crippen LogP contribution in [0.4, 0.5) is 5.13 Å². The molecule has 0 aliphatic rings. The highest BCUT2D eigenvalue weighted by Gasteiger charge is 2.18. The second-order valence-electron chi connectivity index (χ2n) is 5.21. The molecule has 0 aliphatic heterocycles. The van der Waals surface area contributed by atoms with E-state index in [9.17, 15) is 4.79 Å². The van der Waals surface area contributed by atoms with E-state index in [4.69, 9.17) is 16.3 Å². The second kappa shape index (κ2) is 6.67. The van der Waals surface area contributed by atoms with Gasteiger partial charge >= 0.3 is 0 Å². The Hall–Kier alpha value is -2.31. The fourth-order valence-electron chi connectivity index (χ4n) is 2.27. The van der Waals surface area contributed by atoms with Gasteiger partial charge in [-0.15, -0.1) is 11.3 Å². The van der Waals surface area contributed by atoms with Gasteiger partial charge in [-0.25, -0.2) is 4.98 Å². The average molecular weight is 362 g/mol. The molecule has 3 rings (SSSR count). The molecule has 1 N–H and O–H groups in total. The van der Waals surface area contributed by atoms with Crippen LogP contribution in [0.3, 0.4) is 0 Å². The molecule has 124 valence electrons. The minimum atomic E-state index is -0.304. The van der Waals surface area contributed by atoms with Crippen LogP contribution >= 0.6 is 22.9 Å². The number of aromatic nitrogens is 2. The van der Waals surface area contributed by atoms with Crippen LogP contribution in [0.25, 0.3) is 5.69 Å². The second-order valence-corrected chi connectivity index (χ2v) is 6.82.